The van der Waals surface area contributed by atoms with Gasteiger partial charge in [-0.15, -0.1) is 0 Å². The van der Waals surface area contributed by atoms with E-state index in [4.69, 9.17) is 0 Å². The van der Waals surface area contributed by atoms with Gasteiger partial charge < -0.3 is 10.1 Å². The van der Waals surface area contributed by atoms with E-state index >= 15 is 0 Å². The van der Waals surface area contributed by atoms with E-state index in [9.17, 15) is 9.59 Å². The molecule has 0 amide bonds. The van der Waals surface area contributed by atoms with Gasteiger partial charge in [-0.05, 0) is 56.4 Å². The summed E-state index contributed by atoms with van der Waals surface area (Å²) in [5, 5.41) is 3.78. The van der Waals surface area contributed by atoms with Gasteiger partial charge in [-0.25, -0.2) is 0 Å². The molecule has 26 heavy (non-hydrogen) atoms. The van der Waals surface area contributed by atoms with Crippen LogP contribution in [0.4, 0.5) is 0 Å². The van der Waals surface area contributed by atoms with Gasteiger partial charge in [-0.3, -0.25) is 9.59 Å². The second-order valence-electron chi connectivity index (χ2n) is 7.93. The Morgan fingerprint density at radius 2 is 1.81 bits per heavy atom. The highest BCUT2D eigenvalue weighted by molar-refractivity contribution is 5.82. The second kappa shape index (κ2) is 8.81. The van der Waals surface area contributed by atoms with Gasteiger partial charge in [-0.2, -0.15) is 0 Å². The number of ether oxygens (including phenoxy) is 1. The maximum atomic E-state index is 12.9. The van der Waals surface area contributed by atoms with Crippen molar-refractivity contribution in [2.24, 2.45) is 17.8 Å². The monoisotopic (exact) mass is 357 g/mol. The SMILES string of the molecule is COC(=O)CCCCC(=O)[C@H]1[C@H]2CC[C@H](C2)[C@@H]1NC(C)c1ccccc1. The molecule has 142 valence electrons. The minimum Gasteiger partial charge on any atom is -0.469 e. The van der Waals surface area contributed by atoms with Crippen LogP contribution in [0.25, 0.3) is 0 Å². The number of carbonyl (C=O) groups is 2. The summed E-state index contributed by atoms with van der Waals surface area (Å²) >= 11 is 0. The number of hydrogen-bond donors (Lipinski definition) is 1. The third-order valence-corrected chi connectivity index (χ3v) is 6.31. The van der Waals surface area contributed by atoms with Gasteiger partial charge in [0, 0.05) is 30.8 Å². The first-order chi connectivity index (χ1) is 12.6. The van der Waals surface area contributed by atoms with Crippen molar-refractivity contribution in [1.82, 2.24) is 5.32 Å². The normalized spacial score (nSPS) is 28.1. The van der Waals surface area contributed by atoms with Crippen LogP contribution in [0.2, 0.25) is 0 Å². The molecule has 0 spiro atoms. The molecular formula is C22H31NO3. The highest BCUT2D eigenvalue weighted by Gasteiger charge is 2.50. The van der Waals surface area contributed by atoms with Gasteiger partial charge >= 0.3 is 5.97 Å². The first-order valence-electron chi connectivity index (χ1n) is 10.0. The number of esters is 1. The van der Waals surface area contributed by atoms with Crippen LogP contribution in [-0.4, -0.2) is 24.9 Å². The minimum atomic E-state index is -0.186. The zero-order valence-electron chi connectivity index (χ0n) is 15.9. The number of carbonyl (C=O) groups excluding carboxylic acids is 2. The molecule has 4 heteroatoms. The number of hydrogen-bond acceptors (Lipinski definition) is 4. The number of ketones is 1. The van der Waals surface area contributed by atoms with E-state index in [-0.39, 0.29) is 17.9 Å². The molecule has 2 aliphatic rings. The fraction of sp³-hybridized carbons (Fsp3) is 0.636. The van der Waals surface area contributed by atoms with Crippen molar-refractivity contribution in [3.8, 4) is 0 Å². The number of methoxy groups -OCH3 is 1. The maximum absolute atomic E-state index is 12.9. The highest BCUT2D eigenvalue weighted by Crippen LogP contribution is 2.49. The molecular weight excluding hydrogens is 326 g/mol. The number of rotatable bonds is 9. The Bertz CT molecular complexity index is 615. The van der Waals surface area contributed by atoms with Gasteiger partial charge in [-0.1, -0.05) is 30.3 Å². The minimum absolute atomic E-state index is 0.151. The predicted octanol–water partition coefficient (Wildman–Crippen LogP) is 4.05. The number of fused-ring (bicyclic) bond motifs is 2. The first-order valence-corrected chi connectivity index (χ1v) is 10.0. The second-order valence-corrected chi connectivity index (χ2v) is 7.93. The molecule has 1 N–H and O–H groups in total. The Morgan fingerprint density at radius 3 is 2.54 bits per heavy atom. The zero-order chi connectivity index (χ0) is 18.5. The van der Waals surface area contributed by atoms with Crippen LogP contribution in [0.15, 0.2) is 30.3 Å². The summed E-state index contributed by atoms with van der Waals surface area (Å²) in [6, 6.07) is 11.0. The molecule has 5 atom stereocenters. The standard InChI is InChI=1S/C22H31NO3/c1-15(16-8-4-3-5-9-16)23-22-18-13-12-17(14-18)21(22)19(24)10-6-7-11-20(25)26-2/h3-5,8-9,15,17-18,21-23H,6-7,10-14H2,1-2H3/t15?,17-,18+,21+,22-/m0/s1. The summed E-state index contributed by atoms with van der Waals surface area (Å²) in [5.41, 5.74) is 1.28. The van der Waals surface area contributed by atoms with Crippen molar-refractivity contribution in [3.63, 3.8) is 0 Å². The summed E-state index contributed by atoms with van der Waals surface area (Å²) < 4.78 is 4.67. The van der Waals surface area contributed by atoms with E-state index in [0.717, 1.165) is 12.8 Å². The summed E-state index contributed by atoms with van der Waals surface area (Å²) in [4.78, 5) is 24.1. The van der Waals surface area contributed by atoms with Gasteiger partial charge in [0.25, 0.3) is 0 Å². The van der Waals surface area contributed by atoms with Crippen LogP contribution in [0.3, 0.4) is 0 Å². The van der Waals surface area contributed by atoms with Gasteiger partial charge in [0.05, 0.1) is 7.11 Å². The molecule has 2 bridgehead atoms. The molecule has 0 saturated heterocycles. The van der Waals surface area contributed by atoms with E-state index in [2.05, 4.69) is 41.2 Å². The molecule has 0 radical (unpaired) electrons. The molecule has 0 aromatic heterocycles. The average Bonchev–Trinajstić information content (AvgIpc) is 3.27. The lowest BCUT2D eigenvalue weighted by molar-refractivity contribution is -0.140. The van der Waals surface area contributed by atoms with E-state index in [1.54, 1.807) is 0 Å². The third-order valence-electron chi connectivity index (χ3n) is 6.31. The van der Waals surface area contributed by atoms with Crippen molar-refractivity contribution >= 4 is 11.8 Å². The van der Waals surface area contributed by atoms with Gasteiger partial charge in [0.2, 0.25) is 0 Å². The lowest BCUT2D eigenvalue weighted by Gasteiger charge is -2.33. The summed E-state index contributed by atoms with van der Waals surface area (Å²) in [6.45, 7) is 2.19. The van der Waals surface area contributed by atoms with E-state index in [0.29, 0.717) is 36.5 Å². The van der Waals surface area contributed by atoms with Gasteiger partial charge in [0.15, 0.2) is 0 Å². The molecule has 0 aliphatic heterocycles. The van der Waals surface area contributed by atoms with Crippen molar-refractivity contribution in [1.29, 1.82) is 0 Å². The molecule has 1 unspecified atom stereocenters. The van der Waals surface area contributed by atoms with Crippen LogP contribution in [-0.2, 0) is 14.3 Å². The van der Waals surface area contributed by atoms with E-state index in [1.807, 2.05) is 6.07 Å². The Kier molecular flexibility index (Phi) is 6.47. The lowest BCUT2D eigenvalue weighted by Crippen LogP contribution is -2.45. The maximum Gasteiger partial charge on any atom is 0.305 e. The van der Waals surface area contributed by atoms with Crippen molar-refractivity contribution < 1.29 is 14.3 Å². The van der Waals surface area contributed by atoms with Crippen LogP contribution in [0.5, 0.6) is 0 Å². The number of benzene rings is 1. The van der Waals surface area contributed by atoms with Gasteiger partial charge in [0.1, 0.15) is 5.78 Å². The summed E-state index contributed by atoms with van der Waals surface area (Å²) in [7, 11) is 1.41. The van der Waals surface area contributed by atoms with Crippen molar-refractivity contribution in [2.75, 3.05) is 7.11 Å². The topological polar surface area (TPSA) is 55.4 Å². The summed E-state index contributed by atoms with van der Waals surface area (Å²) in [5.74, 6) is 1.54. The van der Waals surface area contributed by atoms with Crippen LogP contribution >= 0.6 is 0 Å². The quantitative estimate of drug-likeness (QED) is 0.535. The third kappa shape index (κ3) is 4.35. The van der Waals surface area contributed by atoms with E-state index in [1.165, 1.54) is 31.9 Å². The smallest absolute Gasteiger partial charge is 0.305 e. The van der Waals surface area contributed by atoms with Crippen LogP contribution in [0.1, 0.15) is 63.5 Å². The molecule has 1 aromatic carbocycles. The fourth-order valence-electron chi connectivity index (χ4n) is 4.96. The predicted molar refractivity (Wildman–Crippen MR) is 102 cm³/mol. The van der Waals surface area contributed by atoms with Crippen molar-refractivity contribution in [2.45, 2.75) is 64.0 Å². The molecule has 1 aromatic rings. The number of Topliss-reactive ketones (excluding diaryl/α,β-unsaturated/α-hetero) is 1. The average molecular weight is 357 g/mol. The molecule has 0 heterocycles. The van der Waals surface area contributed by atoms with Crippen LogP contribution < -0.4 is 5.32 Å². The highest BCUT2D eigenvalue weighted by atomic mass is 16.5. The molecule has 2 fully saturated rings. The largest absolute Gasteiger partial charge is 0.469 e. The lowest BCUT2D eigenvalue weighted by atomic mass is 9.79. The zero-order valence-corrected chi connectivity index (χ0v) is 15.9. The molecule has 4 nitrogen and oxygen atoms in total. The molecule has 3 rings (SSSR count). The first kappa shape index (κ1) is 19.1. The fourth-order valence-corrected chi connectivity index (χ4v) is 4.96. The van der Waals surface area contributed by atoms with Crippen LogP contribution in [0, 0.1) is 17.8 Å². The molecule has 2 aliphatic carbocycles. The number of unbranched alkanes of at least 4 members (excludes halogenated alkanes) is 1. The van der Waals surface area contributed by atoms with E-state index < -0.39 is 0 Å². The molecule has 2 saturated carbocycles. The van der Waals surface area contributed by atoms with Crippen molar-refractivity contribution in [3.05, 3.63) is 35.9 Å². The Hall–Kier alpha value is -1.68. The summed E-state index contributed by atoms with van der Waals surface area (Å²) in [6.07, 6.45) is 6.14. The Labute approximate surface area is 156 Å². The number of nitrogens with one attached hydrogen (secondary N) is 1. The Balaban J connectivity index is 1.56. The Morgan fingerprint density at radius 1 is 1.12 bits per heavy atom.